The molecule has 2 unspecified atom stereocenters. The summed E-state index contributed by atoms with van der Waals surface area (Å²) >= 11 is 0. The van der Waals surface area contributed by atoms with Gasteiger partial charge in [-0.25, -0.2) is 0 Å². The number of carbonyl (C=O) groups excluding carboxylic acids is 1. The summed E-state index contributed by atoms with van der Waals surface area (Å²) in [5, 5.41) is 3.23. The van der Waals surface area contributed by atoms with Crippen molar-refractivity contribution in [3.05, 3.63) is 35.9 Å². The summed E-state index contributed by atoms with van der Waals surface area (Å²) in [5.41, 5.74) is 0.771. The van der Waals surface area contributed by atoms with E-state index in [1.807, 2.05) is 30.3 Å². The van der Waals surface area contributed by atoms with E-state index < -0.39 is 0 Å². The minimum atomic E-state index is 0.0783. The van der Waals surface area contributed by atoms with Gasteiger partial charge in [0.2, 0.25) is 0 Å². The number of piperidine rings is 1. The smallest absolute Gasteiger partial charge is 0.251 e. The van der Waals surface area contributed by atoms with Crippen molar-refractivity contribution >= 4 is 5.91 Å². The van der Waals surface area contributed by atoms with Crippen LogP contribution in [0, 0.1) is 5.92 Å². The minimum absolute atomic E-state index is 0.0783. The van der Waals surface area contributed by atoms with Crippen molar-refractivity contribution in [1.82, 2.24) is 10.2 Å². The van der Waals surface area contributed by atoms with Crippen molar-refractivity contribution in [2.24, 2.45) is 5.92 Å². The minimum Gasteiger partial charge on any atom is -0.349 e. The Morgan fingerprint density at radius 1 is 1.21 bits per heavy atom. The number of benzene rings is 1. The monoisotopic (exact) mass is 258 g/mol. The molecule has 0 spiro atoms. The molecule has 2 bridgehead atoms. The molecule has 0 aromatic heterocycles. The van der Waals surface area contributed by atoms with Crippen molar-refractivity contribution in [2.45, 2.75) is 37.8 Å². The molecule has 0 radical (unpaired) electrons. The van der Waals surface area contributed by atoms with Gasteiger partial charge in [0.1, 0.15) is 0 Å². The normalized spacial score (nSPS) is 30.9. The van der Waals surface area contributed by atoms with Gasteiger partial charge in [0.25, 0.3) is 5.91 Å². The van der Waals surface area contributed by atoms with Crippen LogP contribution in [0.1, 0.15) is 36.0 Å². The summed E-state index contributed by atoms with van der Waals surface area (Å²) in [6.07, 6.45) is 4.86. The summed E-state index contributed by atoms with van der Waals surface area (Å²) in [7, 11) is 2.22. The number of hydrogen-bond donors (Lipinski definition) is 1. The lowest BCUT2D eigenvalue weighted by Crippen LogP contribution is -2.39. The van der Waals surface area contributed by atoms with Gasteiger partial charge in [-0.2, -0.15) is 0 Å². The van der Waals surface area contributed by atoms with Crippen LogP contribution in [0.4, 0.5) is 0 Å². The predicted molar refractivity (Wildman–Crippen MR) is 76.1 cm³/mol. The largest absolute Gasteiger partial charge is 0.349 e. The average Bonchev–Trinajstić information content (AvgIpc) is 2.70. The van der Waals surface area contributed by atoms with Crippen molar-refractivity contribution in [3.8, 4) is 0 Å². The molecule has 2 aliphatic heterocycles. The quantitative estimate of drug-likeness (QED) is 0.882. The molecule has 102 valence electrons. The Labute approximate surface area is 115 Å². The third kappa shape index (κ3) is 2.81. The molecule has 4 rings (SSSR count). The summed E-state index contributed by atoms with van der Waals surface area (Å²) in [5.74, 6) is 0.833. The maximum absolute atomic E-state index is 12.2. The Balaban J connectivity index is 1.66. The van der Waals surface area contributed by atoms with Gasteiger partial charge in [0.05, 0.1) is 0 Å². The Bertz CT molecular complexity index is 445. The molecule has 1 saturated carbocycles. The zero-order chi connectivity index (χ0) is 13.2. The maximum atomic E-state index is 12.2. The van der Waals surface area contributed by atoms with E-state index in [2.05, 4.69) is 17.3 Å². The Hall–Kier alpha value is -1.35. The molecule has 1 N–H and O–H groups in total. The van der Waals surface area contributed by atoms with E-state index in [4.69, 9.17) is 0 Å². The van der Waals surface area contributed by atoms with Crippen LogP contribution in [0.25, 0.3) is 0 Å². The van der Waals surface area contributed by atoms with E-state index in [-0.39, 0.29) is 5.91 Å². The standard InChI is InChI=1S/C16H22N2O/c1-18-11-12-7-8-15(18)10-14(9-12)17-16(19)13-5-3-2-4-6-13/h2-6,12,14-15H,7-11H2,1H3,(H,17,19)/t12?,14-,15?/m1/s1. The van der Waals surface area contributed by atoms with E-state index in [0.717, 1.165) is 24.3 Å². The van der Waals surface area contributed by atoms with Crippen LogP contribution in [-0.2, 0) is 0 Å². The molecule has 1 aromatic rings. The number of carbonyl (C=O) groups is 1. The number of amides is 1. The SMILES string of the molecule is CN1CC2CCC1C[C@H](NC(=O)c1ccccc1)C2. The molecule has 2 heterocycles. The van der Waals surface area contributed by atoms with Crippen LogP contribution in [0.5, 0.6) is 0 Å². The molecular weight excluding hydrogens is 236 g/mol. The summed E-state index contributed by atoms with van der Waals surface area (Å²) < 4.78 is 0. The summed E-state index contributed by atoms with van der Waals surface area (Å²) in [6, 6.07) is 10.5. The second-order valence-corrected chi connectivity index (χ2v) is 6.04. The Morgan fingerprint density at radius 2 is 2.00 bits per heavy atom. The number of nitrogens with one attached hydrogen (secondary N) is 1. The van der Waals surface area contributed by atoms with Gasteiger partial charge in [-0.15, -0.1) is 0 Å². The van der Waals surface area contributed by atoms with E-state index in [1.165, 1.54) is 19.4 Å². The first-order valence-electron chi connectivity index (χ1n) is 7.28. The third-order valence-electron chi connectivity index (χ3n) is 4.62. The zero-order valence-corrected chi connectivity index (χ0v) is 11.5. The topological polar surface area (TPSA) is 32.3 Å². The van der Waals surface area contributed by atoms with E-state index in [1.54, 1.807) is 0 Å². The molecule has 1 aliphatic carbocycles. The van der Waals surface area contributed by atoms with Crippen LogP contribution in [0.3, 0.4) is 0 Å². The first kappa shape index (κ1) is 12.7. The maximum Gasteiger partial charge on any atom is 0.251 e. The lowest BCUT2D eigenvalue weighted by Gasteiger charge is -2.33. The predicted octanol–water partition coefficient (Wildman–Crippen LogP) is 2.29. The van der Waals surface area contributed by atoms with Gasteiger partial charge in [0.15, 0.2) is 0 Å². The van der Waals surface area contributed by atoms with Crippen LogP contribution >= 0.6 is 0 Å². The lowest BCUT2D eigenvalue weighted by molar-refractivity contribution is 0.0930. The fourth-order valence-electron chi connectivity index (χ4n) is 3.59. The van der Waals surface area contributed by atoms with Crippen molar-refractivity contribution in [1.29, 1.82) is 0 Å². The summed E-state index contributed by atoms with van der Waals surface area (Å²) in [4.78, 5) is 14.7. The molecular formula is C16H22N2O. The van der Waals surface area contributed by atoms with Crippen LogP contribution in [0.2, 0.25) is 0 Å². The summed E-state index contributed by atoms with van der Waals surface area (Å²) in [6.45, 7) is 1.20. The van der Waals surface area contributed by atoms with Gasteiger partial charge >= 0.3 is 0 Å². The molecule has 1 amide bonds. The van der Waals surface area contributed by atoms with Gasteiger partial charge in [-0.05, 0) is 50.8 Å². The highest BCUT2D eigenvalue weighted by atomic mass is 16.1. The van der Waals surface area contributed by atoms with Gasteiger partial charge in [0, 0.05) is 24.2 Å². The van der Waals surface area contributed by atoms with Crippen molar-refractivity contribution < 1.29 is 4.79 Å². The highest BCUT2D eigenvalue weighted by Gasteiger charge is 2.34. The average molecular weight is 258 g/mol. The van der Waals surface area contributed by atoms with Crippen LogP contribution < -0.4 is 5.32 Å². The van der Waals surface area contributed by atoms with Gasteiger partial charge in [-0.3, -0.25) is 4.79 Å². The third-order valence-corrected chi connectivity index (χ3v) is 4.62. The fourth-order valence-corrected chi connectivity index (χ4v) is 3.59. The lowest BCUT2D eigenvalue weighted by atomic mass is 9.95. The molecule has 19 heavy (non-hydrogen) atoms. The highest BCUT2D eigenvalue weighted by molar-refractivity contribution is 5.94. The number of hydrogen-bond acceptors (Lipinski definition) is 2. The molecule has 2 saturated heterocycles. The van der Waals surface area contributed by atoms with Crippen molar-refractivity contribution in [3.63, 3.8) is 0 Å². The number of rotatable bonds is 2. The molecule has 3 heteroatoms. The van der Waals surface area contributed by atoms with E-state index in [0.29, 0.717) is 12.1 Å². The fraction of sp³-hybridized carbons (Fsp3) is 0.562. The highest BCUT2D eigenvalue weighted by Crippen LogP contribution is 2.32. The van der Waals surface area contributed by atoms with Crippen molar-refractivity contribution in [2.75, 3.05) is 13.6 Å². The molecule has 3 fully saturated rings. The second-order valence-electron chi connectivity index (χ2n) is 6.04. The van der Waals surface area contributed by atoms with Gasteiger partial charge < -0.3 is 10.2 Å². The Morgan fingerprint density at radius 3 is 2.74 bits per heavy atom. The number of fused-ring (bicyclic) bond motifs is 4. The van der Waals surface area contributed by atoms with Gasteiger partial charge in [-0.1, -0.05) is 18.2 Å². The zero-order valence-electron chi connectivity index (χ0n) is 11.5. The first-order valence-corrected chi connectivity index (χ1v) is 7.28. The van der Waals surface area contributed by atoms with E-state index in [9.17, 15) is 4.79 Å². The van der Waals surface area contributed by atoms with Crippen LogP contribution in [-0.4, -0.2) is 36.5 Å². The van der Waals surface area contributed by atoms with Crippen LogP contribution in [0.15, 0.2) is 30.3 Å². The molecule has 3 atom stereocenters. The molecule has 3 aliphatic rings. The Kier molecular flexibility index (Phi) is 3.56. The van der Waals surface area contributed by atoms with E-state index >= 15 is 0 Å². The number of nitrogens with zero attached hydrogens (tertiary/aromatic N) is 1. The second kappa shape index (κ2) is 5.33. The molecule has 1 aromatic carbocycles. The first-order chi connectivity index (χ1) is 9.22. The molecule has 3 nitrogen and oxygen atoms in total.